The van der Waals surface area contributed by atoms with Crippen molar-refractivity contribution in [3.63, 3.8) is 0 Å². The summed E-state index contributed by atoms with van der Waals surface area (Å²) in [6, 6.07) is 14.8. The molecule has 0 aliphatic rings. The topological polar surface area (TPSA) is 12.0 Å². The van der Waals surface area contributed by atoms with Gasteiger partial charge in [0.2, 0.25) is 0 Å². The normalized spacial score (nSPS) is 12.3. The van der Waals surface area contributed by atoms with Crippen LogP contribution in [0.4, 0.5) is 4.39 Å². The van der Waals surface area contributed by atoms with E-state index in [4.69, 9.17) is 11.6 Å². The molecule has 0 bridgehead atoms. The number of thioether (sulfide) groups is 1. The molecule has 0 saturated carbocycles. The van der Waals surface area contributed by atoms with Crippen molar-refractivity contribution in [2.24, 2.45) is 0 Å². The molecule has 0 spiro atoms. The number of rotatable bonds is 6. The molecular weight excluding hydrogens is 293 g/mol. The third-order valence-corrected chi connectivity index (χ3v) is 4.36. The van der Waals surface area contributed by atoms with Gasteiger partial charge in [-0.2, -0.15) is 0 Å². The zero-order valence-electron chi connectivity index (χ0n) is 11.3. The fourth-order valence-electron chi connectivity index (χ4n) is 1.95. The molecule has 0 aliphatic carbocycles. The van der Waals surface area contributed by atoms with Crippen LogP contribution in [0, 0.1) is 5.82 Å². The van der Waals surface area contributed by atoms with Gasteiger partial charge in [0.15, 0.2) is 0 Å². The average Bonchev–Trinajstić information content (AvgIpc) is 2.46. The molecule has 0 heterocycles. The molecule has 0 radical (unpaired) electrons. The second-order valence-corrected chi connectivity index (χ2v) is 5.90. The maximum Gasteiger partial charge on any atom is 0.136 e. The SMILES string of the molecule is CCNC(CSc1ccccc1F)c1ccc(Cl)cc1. The van der Waals surface area contributed by atoms with Crippen LogP contribution < -0.4 is 5.32 Å². The van der Waals surface area contributed by atoms with E-state index >= 15 is 0 Å². The van der Waals surface area contributed by atoms with Gasteiger partial charge in [-0.05, 0) is 36.4 Å². The predicted molar refractivity (Wildman–Crippen MR) is 85.0 cm³/mol. The fraction of sp³-hybridized carbons (Fsp3) is 0.250. The van der Waals surface area contributed by atoms with Gasteiger partial charge in [0.25, 0.3) is 0 Å². The van der Waals surface area contributed by atoms with E-state index in [9.17, 15) is 4.39 Å². The quantitative estimate of drug-likeness (QED) is 0.760. The van der Waals surface area contributed by atoms with Crippen molar-refractivity contribution < 1.29 is 4.39 Å². The first-order chi connectivity index (χ1) is 9.70. The maximum absolute atomic E-state index is 13.6. The van der Waals surface area contributed by atoms with Gasteiger partial charge in [0.05, 0.1) is 0 Å². The van der Waals surface area contributed by atoms with Gasteiger partial charge in [-0.3, -0.25) is 0 Å². The third kappa shape index (κ3) is 4.23. The standard InChI is InChI=1S/C16H17ClFNS/c1-2-19-15(12-7-9-13(17)10-8-12)11-20-16-6-4-3-5-14(16)18/h3-10,15,19H,2,11H2,1H3. The first kappa shape index (κ1) is 15.4. The molecule has 0 fully saturated rings. The number of halogens is 2. The van der Waals surface area contributed by atoms with E-state index in [1.807, 2.05) is 36.4 Å². The van der Waals surface area contributed by atoms with Gasteiger partial charge in [-0.15, -0.1) is 11.8 Å². The zero-order valence-corrected chi connectivity index (χ0v) is 12.8. The second kappa shape index (κ2) is 7.67. The number of hydrogen-bond donors (Lipinski definition) is 1. The van der Waals surface area contributed by atoms with Crippen LogP contribution in [-0.2, 0) is 0 Å². The lowest BCUT2D eigenvalue weighted by Crippen LogP contribution is -2.22. The molecule has 2 rings (SSSR count). The van der Waals surface area contributed by atoms with Crippen molar-refractivity contribution in [3.8, 4) is 0 Å². The molecule has 106 valence electrons. The fourth-order valence-corrected chi connectivity index (χ4v) is 3.11. The largest absolute Gasteiger partial charge is 0.309 e. The van der Waals surface area contributed by atoms with Crippen molar-refractivity contribution in [2.45, 2.75) is 17.9 Å². The Kier molecular flexibility index (Phi) is 5.89. The van der Waals surface area contributed by atoms with Gasteiger partial charge in [0.1, 0.15) is 5.82 Å². The highest BCUT2D eigenvalue weighted by Crippen LogP contribution is 2.27. The van der Waals surface area contributed by atoms with Crippen LogP contribution in [0.25, 0.3) is 0 Å². The molecule has 0 aliphatic heterocycles. The van der Waals surface area contributed by atoms with Crippen LogP contribution in [-0.4, -0.2) is 12.3 Å². The zero-order chi connectivity index (χ0) is 14.4. The molecule has 1 N–H and O–H groups in total. The van der Waals surface area contributed by atoms with Gasteiger partial charge < -0.3 is 5.32 Å². The summed E-state index contributed by atoms with van der Waals surface area (Å²) in [7, 11) is 0. The van der Waals surface area contributed by atoms with E-state index in [1.54, 1.807) is 6.07 Å². The summed E-state index contributed by atoms with van der Waals surface area (Å²) in [4.78, 5) is 0.685. The summed E-state index contributed by atoms with van der Waals surface area (Å²) in [5, 5.41) is 4.15. The van der Waals surface area contributed by atoms with Crippen LogP contribution in [0.1, 0.15) is 18.5 Å². The lowest BCUT2D eigenvalue weighted by Gasteiger charge is -2.18. The first-order valence-electron chi connectivity index (χ1n) is 6.57. The van der Waals surface area contributed by atoms with Crippen molar-refractivity contribution in [1.29, 1.82) is 0 Å². The maximum atomic E-state index is 13.6. The summed E-state index contributed by atoms with van der Waals surface area (Å²) < 4.78 is 13.6. The van der Waals surface area contributed by atoms with E-state index in [0.29, 0.717) is 4.90 Å². The van der Waals surface area contributed by atoms with Crippen LogP contribution in [0.2, 0.25) is 5.02 Å². The van der Waals surface area contributed by atoms with E-state index in [2.05, 4.69) is 12.2 Å². The summed E-state index contributed by atoms with van der Waals surface area (Å²) in [5.41, 5.74) is 1.17. The Bertz CT molecular complexity index is 544. The minimum Gasteiger partial charge on any atom is -0.309 e. The average molecular weight is 310 g/mol. The molecule has 0 saturated heterocycles. The molecule has 4 heteroatoms. The Hall–Kier alpha value is -1.03. The Balaban J connectivity index is 2.06. The molecule has 1 atom stereocenters. The van der Waals surface area contributed by atoms with Gasteiger partial charge in [0, 0.05) is 21.7 Å². The van der Waals surface area contributed by atoms with Crippen molar-refractivity contribution >= 4 is 23.4 Å². The summed E-state index contributed by atoms with van der Waals surface area (Å²) in [6.45, 7) is 2.93. The molecule has 20 heavy (non-hydrogen) atoms. The Morgan fingerprint density at radius 2 is 1.85 bits per heavy atom. The Morgan fingerprint density at radius 3 is 2.50 bits per heavy atom. The lowest BCUT2D eigenvalue weighted by molar-refractivity contribution is 0.595. The molecular formula is C16H17ClFNS. The molecule has 0 amide bonds. The number of benzene rings is 2. The molecule has 0 aromatic heterocycles. The van der Waals surface area contributed by atoms with E-state index in [1.165, 1.54) is 23.4 Å². The molecule has 2 aromatic rings. The third-order valence-electron chi connectivity index (χ3n) is 2.97. The van der Waals surface area contributed by atoms with Crippen LogP contribution in [0.15, 0.2) is 53.4 Å². The van der Waals surface area contributed by atoms with Crippen LogP contribution in [0.3, 0.4) is 0 Å². The molecule has 2 aromatic carbocycles. The van der Waals surface area contributed by atoms with Crippen LogP contribution in [0.5, 0.6) is 0 Å². The molecule has 1 unspecified atom stereocenters. The highest BCUT2D eigenvalue weighted by molar-refractivity contribution is 7.99. The van der Waals surface area contributed by atoms with Crippen LogP contribution >= 0.6 is 23.4 Å². The Labute approximate surface area is 128 Å². The van der Waals surface area contributed by atoms with Gasteiger partial charge in [-0.1, -0.05) is 42.8 Å². The van der Waals surface area contributed by atoms with Gasteiger partial charge >= 0.3 is 0 Å². The second-order valence-electron chi connectivity index (χ2n) is 4.40. The Morgan fingerprint density at radius 1 is 1.15 bits per heavy atom. The highest BCUT2D eigenvalue weighted by atomic mass is 35.5. The van der Waals surface area contributed by atoms with Crippen molar-refractivity contribution in [1.82, 2.24) is 5.32 Å². The molecule has 1 nitrogen and oxygen atoms in total. The van der Waals surface area contributed by atoms with Crippen molar-refractivity contribution in [2.75, 3.05) is 12.3 Å². The van der Waals surface area contributed by atoms with E-state index in [-0.39, 0.29) is 11.9 Å². The summed E-state index contributed by atoms with van der Waals surface area (Å²) in [6.07, 6.45) is 0. The minimum absolute atomic E-state index is 0.163. The lowest BCUT2D eigenvalue weighted by atomic mass is 10.1. The first-order valence-corrected chi connectivity index (χ1v) is 7.93. The van der Waals surface area contributed by atoms with E-state index < -0.39 is 0 Å². The van der Waals surface area contributed by atoms with E-state index in [0.717, 1.165) is 17.3 Å². The summed E-state index contributed by atoms with van der Waals surface area (Å²) in [5.74, 6) is 0.611. The predicted octanol–water partition coefficient (Wildman–Crippen LogP) is 4.92. The van der Waals surface area contributed by atoms with Gasteiger partial charge in [-0.25, -0.2) is 4.39 Å². The highest BCUT2D eigenvalue weighted by Gasteiger charge is 2.12. The number of hydrogen-bond acceptors (Lipinski definition) is 2. The number of nitrogens with one attached hydrogen (secondary N) is 1. The summed E-state index contributed by atoms with van der Waals surface area (Å²) >= 11 is 7.44. The monoisotopic (exact) mass is 309 g/mol. The minimum atomic E-state index is -0.163. The van der Waals surface area contributed by atoms with Crippen molar-refractivity contribution in [3.05, 3.63) is 64.9 Å². The smallest absolute Gasteiger partial charge is 0.136 e.